The number of fused-ring (bicyclic) bond motifs is 1. The number of nitrogen functional groups attached to an aromatic ring is 1. The molecule has 0 unspecified atom stereocenters. The minimum atomic E-state index is -4.50. The summed E-state index contributed by atoms with van der Waals surface area (Å²) >= 11 is 0. The highest BCUT2D eigenvalue weighted by Crippen LogP contribution is 2.35. The van der Waals surface area contributed by atoms with Crippen molar-refractivity contribution in [2.24, 2.45) is 0 Å². The van der Waals surface area contributed by atoms with Gasteiger partial charge in [0.15, 0.2) is 0 Å². The number of aryl methyl sites for hydroxylation is 2. The summed E-state index contributed by atoms with van der Waals surface area (Å²) in [5, 5.41) is 0. The average Bonchev–Trinajstić information content (AvgIpc) is 3.19. The van der Waals surface area contributed by atoms with Crippen LogP contribution in [0.5, 0.6) is 11.5 Å². The van der Waals surface area contributed by atoms with Crippen LogP contribution in [0.1, 0.15) is 16.7 Å². The van der Waals surface area contributed by atoms with Crippen molar-refractivity contribution in [2.45, 2.75) is 25.6 Å². The first kappa shape index (κ1) is 22.5. The van der Waals surface area contributed by atoms with Crippen molar-refractivity contribution in [1.82, 2.24) is 9.55 Å². The Kier molecular flexibility index (Phi) is 6.44. The highest BCUT2D eigenvalue weighted by molar-refractivity contribution is 5.81. The molecule has 1 heterocycles. The Morgan fingerprint density at radius 3 is 2.18 bits per heavy atom. The normalized spacial score (nSPS) is 11.6. The quantitative estimate of drug-likeness (QED) is 0.356. The van der Waals surface area contributed by atoms with E-state index in [0.29, 0.717) is 30.6 Å². The van der Waals surface area contributed by atoms with Crippen molar-refractivity contribution in [3.05, 3.63) is 83.7 Å². The van der Waals surface area contributed by atoms with Crippen molar-refractivity contribution < 1.29 is 22.6 Å². The molecule has 2 N–H and O–H groups in total. The molecule has 0 spiro atoms. The molecular formula is C25H24F3N3O2. The van der Waals surface area contributed by atoms with Crippen LogP contribution in [0, 0.1) is 0 Å². The number of hydrogen-bond donors (Lipinski definition) is 1. The summed E-state index contributed by atoms with van der Waals surface area (Å²) in [6, 6.07) is 17.9. The lowest BCUT2D eigenvalue weighted by Crippen LogP contribution is -2.09. The van der Waals surface area contributed by atoms with E-state index in [1.54, 1.807) is 18.0 Å². The summed E-state index contributed by atoms with van der Waals surface area (Å²) in [6.07, 6.45) is -1.54. The lowest BCUT2D eigenvalue weighted by atomic mass is 10.1. The number of anilines is 1. The molecule has 5 nitrogen and oxygen atoms in total. The van der Waals surface area contributed by atoms with Gasteiger partial charge in [-0.2, -0.15) is 13.2 Å². The molecule has 4 aromatic rings. The van der Waals surface area contributed by atoms with Crippen molar-refractivity contribution >= 4 is 16.7 Å². The zero-order chi connectivity index (χ0) is 23.4. The van der Waals surface area contributed by atoms with Gasteiger partial charge in [-0.3, -0.25) is 0 Å². The molecule has 0 amide bonds. The van der Waals surface area contributed by atoms with Crippen LogP contribution in [-0.2, 0) is 25.6 Å². The van der Waals surface area contributed by atoms with Gasteiger partial charge in [-0.15, -0.1) is 0 Å². The fourth-order valence-electron chi connectivity index (χ4n) is 3.63. The third kappa shape index (κ3) is 5.39. The molecule has 0 saturated carbocycles. The number of aromatic nitrogens is 2. The van der Waals surface area contributed by atoms with Crippen LogP contribution >= 0.6 is 0 Å². The maximum Gasteiger partial charge on any atom is 0.418 e. The number of alkyl halides is 3. The molecule has 0 saturated heterocycles. The Morgan fingerprint density at radius 2 is 1.55 bits per heavy atom. The molecule has 0 bridgehead atoms. The van der Waals surface area contributed by atoms with Crippen LogP contribution in [0.25, 0.3) is 11.0 Å². The van der Waals surface area contributed by atoms with E-state index in [-0.39, 0.29) is 5.69 Å². The van der Waals surface area contributed by atoms with Crippen molar-refractivity contribution in [1.29, 1.82) is 0 Å². The van der Waals surface area contributed by atoms with E-state index in [1.807, 2.05) is 48.5 Å². The zero-order valence-corrected chi connectivity index (χ0v) is 18.1. The van der Waals surface area contributed by atoms with Gasteiger partial charge in [0.2, 0.25) is 0 Å². The molecule has 1 aromatic heterocycles. The van der Waals surface area contributed by atoms with Gasteiger partial charge in [-0.05, 0) is 53.9 Å². The predicted molar refractivity (Wildman–Crippen MR) is 121 cm³/mol. The number of ether oxygens (including phenoxy) is 2. The first-order valence-electron chi connectivity index (χ1n) is 10.5. The van der Waals surface area contributed by atoms with Crippen LogP contribution in [-0.4, -0.2) is 23.3 Å². The summed E-state index contributed by atoms with van der Waals surface area (Å²) in [7, 11) is 1.64. The molecule has 3 aromatic carbocycles. The molecule has 8 heteroatoms. The number of benzene rings is 3. The maximum absolute atomic E-state index is 13.2. The van der Waals surface area contributed by atoms with E-state index in [4.69, 9.17) is 15.2 Å². The third-order valence-corrected chi connectivity index (χ3v) is 5.48. The standard InChI is InChI=1S/C25H24F3N3O2/c1-32-19-6-2-18(3-7-19)11-13-33-20-8-4-17(5-9-20)10-12-31-16-30-23-15-22(29)21(14-24(23)31)25(26,27)28/h2-9,14-16H,10-13,29H2,1H3. The lowest BCUT2D eigenvalue weighted by Gasteiger charge is -2.11. The number of hydrogen-bond acceptors (Lipinski definition) is 4. The summed E-state index contributed by atoms with van der Waals surface area (Å²) in [6.45, 7) is 1.05. The molecular weight excluding hydrogens is 431 g/mol. The summed E-state index contributed by atoms with van der Waals surface area (Å²) in [5.41, 5.74) is 7.46. The van der Waals surface area contributed by atoms with Gasteiger partial charge >= 0.3 is 6.18 Å². The van der Waals surface area contributed by atoms with Crippen LogP contribution < -0.4 is 15.2 Å². The summed E-state index contributed by atoms with van der Waals surface area (Å²) < 4.78 is 52.3. The fourth-order valence-corrected chi connectivity index (χ4v) is 3.63. The average molecular weight is 455 g/mol. The van der Waals surface area contributed by atoms with Gasteiger partial charge in [0.05, 0.1) is 36.6 Å². The largest absolute Gasteiger partial charge is 0.497 e. The van der Waals surface area contributed by atoms with Gasteiger partial charge in [0, 0.05) is 18.7 Å². The van der Waals surface area contributed by atoms with E-state index in [2.05, 4.69) is 4.98 Å². The maximum atomic E-state index is 13.2. The van der Waals surface area contributed by atoms with Crippen LogP contribution in [0.4, 0.5) is 18.9 Å². The molecule has 4 rings (SSSR count). The van der Waals surface area contributed by atoms with Crippen molar-refractivity contribution in [2.75, 3.05) is 19.5 Å². The first-order valence-corrected chi connectivity index (χ1v) is 10.5. The minimum Gasteiger partial charge on any atom is -0.497 e. The number of halogens is 3. The zero-order valence-electron chi connectivity index (χ0n) is 18.1. The number of rotatable bonds is 8. The van der Waals surface area contributed by atoms with Crippen LogP contribution in [0.3, 0.4) is 0 Å². The van der Waals surface area contributed by atoms with Crippen LogP contribution in [0.2, 0.25) is 0 Å². The van der Waals surface area contributed by atoms with Gasteiger partial charge in [-0.25, -0.2) is 4.98 Å². The Morgan fingerprint density at radius 1 is 0.909 bits per heavy atom. The van der Waals surface area contributed by atoms with Gasteiger partial charge in [0.1, 0.15) is 11.5 Å². The van der Waals surface area contributed by atoms with E-state index in [0.717, 1.165) is 35.1 Å². The van der Waals surface area contributed by atoms with E-state index >= 15 is 0 Å². The first-order chi connectivity index (χ1) is 15.8. The monoisotopic (exact) mass is 455 g/mol. The summed E-state index contributed by atoms with van der Waals surface area (Å²) in [4.78, 5) is 4.19. The molecule has 33 heavy (non-hydrogen) atoms. The molecule has 0 fully saturated rings. The molecule has 0 aliphatic rings. The second kappa shape index (κ2) is 9.44. The minimum absolute atomic E-state index is 0.317. The highest BCUT2D eigenvalue weighted by Gasteiger charge is 2.33. The highest BCUT2D eigenvalue weighted by atomic mass is 19.4. The number of nitrogens with two attached hydrogens (primary N) is 1. The van der Waals surface area contributed by atoms with Crippen LogP contribution in [0.15, 0.2) is 67.0 Å². The topological polar surface area (TPSA) is 62.3 Å². The molecule has 0 atom stereocenters. The van der Waals surface area contributed by atoms with E-state index in [9.17, 15) is 13.2 Å². The molecule has 172 valence electrons. The second-order valence-electron chi connectivity index (χ2n) is 7.70. The lowest BCUT2D eigenvalue weighted by molar-refractivity contribution is -0.136. The van der Waals surface area contributed by atoms with E-state index < -0.39 is 11.7 Å². The smallest absolute Gasteiger partial charge is 0.418 e. The van der Waals surface area contributed by atoms with Gasteiger partial charge in [0.25, 0.3) is 0 Å². The molecule has 0 aliphatic heterocycles. The number of methoxy groups -OCH3 is 1. The Bertz CT molecular complexity index is 1220. The Hall–Kier alpha value is -3.68. The Balaban J connectivity index is 1.34. The van der Waals surface area contributed by atoms with Gasteiger partial charge < -0.3 is 19.8 Å². The number of nitrogens with zero attached hydrogens (tertiary/aromatic N) is 2. The van der Waals surface area contributed by atoms with Gasteiger partial charge in [-0.1, -0.05) is 24.3 Å². The second-order valence-corrected chi connectivity index (χ2v) is 7.70. The fraction of sp³-hybridized carbons (Fsp3) is 0.240. The predicted octanol–water partition coefficient (Wildman–Crippen LogP) is 5.51. The SMILES string of the molecule is COc1ccc(CCOc2ccc(CCn3cnc4cc(N)c(C(F)(F)F)cc43)cc2)cc1. The third-order valence-electron chi connectivity index (χ3n) is 5.48. The molecule has 0 aliphatic carbocycles. The van der Waals surface area contributed by atoms with Crippen molar-refractivity contribution in [3.63, 3.8) is 0 Å². The number of imidazole rings is 1. The van der Waals surface area contributed by atoms with Crippen molar-refractivity contribution in [3.8, 4) is 11.5 Å². The summed E-state index contributed by atoms with van der Waals surface area (Å²) in [5.74, 6) is 1.59. The van der Waals surface area contributed by atoms with E-state index in [1.165, 1.54) is 6.07 Å². The Labute approximate surface area is 189 Å². The molecule has 0 radical (unpaired) electrons.